The minimum Gasteiger partial charge on any atom is -0.344 e. The highest BCUT2D eigenvalue weighted by atomic mass is 35.5. The summed E-state index contributed by atoms with van der Waals surface area (Å²) < 4.78 is 5.46. The summed E-state index contributed by atoms with van der Waals surface area (Å²) in [6, 6.07) is 0. The van der Waals surface area contributed by atoms with E-state index in [2.05, 4.69) is 20.4 Å². The highest BCUT2D eigenvalue weighted by molar-refractivity contribution is 5.85. The molecule has 0 aromatic carbocycles. The molecule has 1 atom stereocenters. The number of aromatic nitrogens is 2. The van der Waals surface area contributed by atoms with Crippen molar-refractivity contribution in [2.75, 3.05) is 51.7 Å². The molecular weight excluding hydrogens is 302 g/mol. The van der Waals surface area contributed by atoms with Gasteiger partial charge >= 0.3 is 0 Å². The van der Waals surface area contributed by atoms with E-state index < -0.39 is 0 Å². The van der Waals surface area contributed by atoms with E-state index >= 15 is 0 Å². The molecule has 0 bridgehead atoms. The van der Waals surface area contributed by atoms with Crippen molar-refractivity contribution in [3.05, 3.63) is 5.89 Å². The molecule has 6 nitrogen and oxygen atoms in total. The molecule has 7 heteroatoms. The molecule has 1 unspecified atom stereocenters. The predicted molar refractivity (Wildman–Crippen MR) is 89.9 cm³/mol. The van der Waals surface area contributed by atoms with Crippen LogP contribution in [0.1, 0.15) is 37.5 Å². The molecule has 0 amide bonds. The lowest BCUT2D eigenvalue weighted by molar-refractivity contribution is 0.151. The molecule has 0 spiro atoms. The maximum absolute atomic E-state index is 5.46. The van der Waals surface area contributed by atoms with Gasteiger partial charge in [-0.15, -0.1) is 12.4 Å². The van der Waals surface area contributed by atoms with Gasteiger partial charge in [0.05, 0.1) is 5.92 Å². The van der Waals surface area contributed by atoms with Crippen LogP contribution in [0.3, 0.4) is 0 Å². The van der Waals surface area contributed by atoms with Gasteiger partial charge in [-0.05, 0) is 56.4 Å². The second kappa shape index (κ2) is 8.13. The van der Waals surface area contributed by atoms with Gasteiger partial charge in [-0.3, -0.25) is 0 Å². The van der Waals surface area contributed by atoms with E-state index in [4.69, 9.17) is 4.52 Å². The molecule has 2 aliphatic rings. The number of nitrogens with one attached hydrogen (secondary N) is 1. The lowest BCUT2D eigenvalue weighted by Gasteiger charge is -2.35. The highest BCUT2D eigenvalue weighted by Gasteiger charge is 2.27. The fourth-order valence-electron chi connectivity index (χ4n) is 3.43. The Morgan fingerprint density at radius 1 is 1.27 bits per heavy atom. The van der Waals surface area contributed by atoms with Crippen LogP contribution >= 0.6 is 12.4 Å². The molecule has 1 N–H and O–H groups in total. The third-order valence-corrected chi connectivity index (χ3v) is 4.66. The highest BCUT2D eigenvalue weighted by Crippen LogP contribution is 2.28. The molecular formula is C15H28ClN5O. The zero-order valence-corrected chi connectivity index (χ0v) is 14.4. The van der Waals surface area contributed by atoms with Crippen LogP contribution in [0.2, 0.25) is 0 Å². The van der Waals surface area contributed by atoms with Crippen LogP contribution < -0.4 is 10.2 Å². The lowest BCUT2D eigenvalue weighted by Crippen LogP contribution is -2.40. The van der Waals surface area contributed by atoms with E-state index in [1.54, 1.807) is 0 Å². The number of piperidine rings is 2. The van der Waals surface area contributed by atoms with Gasteiger partial charge in [-0.2, -0.15) is 4.98 Å². The van der Waals surface area contributed by atoms with Crippen LogP contribution in [0, 0.1) is 5.92 Å². The molecule has 1 aromatic heterocycles. The topological polar surface area (TPSA) is 57.4 Å². The monoisotopic (exact) mass is 329 g/mol. The molecule has 3 rings (SSSR count). The van der Waals surface area contributed by atoms with Gasteiger partial charge in [-0.1, -0.05) is 0 Å². The molecule has 2 saturated heterocycles. The Morgan fingerprint density at radius 2 is 2.05 bits per heavy atom. The summed E-state index contributed by atoms with van der Waals surface area (Å²) in [5.41, 5.74) is 0. The maximum atomic E-state index is 5.46. The van der Waals surface area contributed by atoms with Crippen LogP contribution in [0.25, 0.3) is 0 Å². The van der Waals surface area contributed by atoms with Crippen LogP contribution in [0.15, 0.2) is 4.52 Å². The summed E-state index contributed by atoms with van der Waals surface area (Å²) in [6.45, 7) is 5.87. The molecule has 3 heterocycles. The summed E-state index contributed by atoms with van der Waals surface area (Å²) in [6.07, 6.45) is 5.02. The molecule has 22 heavy (non-hydrogen) atoms. The van der Waals surface area contributed by atoms with Crippen molar-refractivity contribution in [3.8, 4) is 0 Å². The number of anilines is 1. The first-order valence-electron chi connectivity index (χ1n) is 8.16. The average molecular weight is 330 g/mol. The first-order valence-corrected chi connectivity index (χ1v) is 8.16. The fraction of sp³-hybridized carbons (Fsp3) is 0.867. The third kappa shape index (κ3) is 4.33. The minimum absolute atomic E-state index is 0. The molecule has 2 fully saturated rings. The minimum atomic E-state index is 0. The van der Waals surface area contributed by atoms with Crippen molar-refractivity contribution < 1.29 is 4.52 Å². The second-order valence-electron chi connectivity index (χ2n) is 6.62. The Labute approximate surface area is 139 Å². The number of likely N-dealkylation sites (tertiary alicyclic amines) is 1. The van der Waals surface area contributed by atoms with Crippen molar-refractivity contribution in [2.45, 2.75) is 31.6 Å². The normalized spacial score (nSPS) is 24.0. The maximum Gasteiger partial charge on any atom is 0.265 e. The van der Waals surface area contributed by atoms with Gasteiger partial charge in [0, 0.05) is 27.2 Å². The molecule has 126 valence electrons. The summed E-state index contributed by atoms with van der Waals surface area (Å²) in [4.78, 5) is 9.02. The summed E-state index contributed by atoms with van der Waals surface area (Å²) in [7, 11) is 3.89. The molecule has 1 aromatic rings. The summed E-state index contributed by atoms with van der Waals surface area (Å²) >= 11 is 0. The van der Waals surface area contributed by atoms with E-state index in [1.807, 2.05) is 19.0 Å². The SMILES string of the molecule is CN(C)c1noc(C2CCCN(CC3CCNCC3)C2)n1.Cl. The second-order valence-corrected chi connectivity index (χ2v) is 6.62. The van der Waals surface area contributed by atoms with Crippen molar-refractivity contribution in [1.82, 2.24) is 20.4 Å². The van der Waals surface area contributed by atoms with Crippen molar-refractivity contribution in [2.24, 2.45) is 5.92 Å². The van der Waals surface area contributed by atoms with Gasteiger partial charge in [0.15, 0.2) is 0 Å². The Hall–Kier alpha value is -0.850. The summed E-state index contributed by atoms with van der Waals surface area (Å²) in [5, 5.41) is 7.49. The van der Waals surface area contributed by atoms with E-state index in [9.17, 15) is 0 Å². The Kier molecular flexibility index (Phi) is 6.47. The van der Waals surface area contributed by atoms with Gasteiger partial charge in [-0.25, -0.2) is 0 Å². The zero-order chi connectivity index (χ0) is 14.7. The van der Waals surface area contributed by atoms with Crippen molar-refractivity contribution in [1.29, 1.82) is 0 Å². The van der Waals surface area contributed by atoms with Crippen LogP contribution in [-0.4, -0.2) is 61.9 Å². The largest absolute Gasteiger partial charge is 0.344 e. The number of rotatable bonds is 4. The standard InChI is InChI=1S/C15H27N5O.ClH/c1-19(2)15-17-14(21-18-15)13-4-3-9-20(11-13)10-12-5-7-16-8-6-12;/h12-13,16H,3-11H2,1-2H3;1H. The van der Waals surface area contributed by atoms with E-state index in [-0.39, 0.29) is 12.4 Å². The number of hydrogen-bond acceptors (Lipinski definition) is 6. The number of halogens is 1. The van der Waals surface area contributed by atoms with Gasteiger partial charge in [0.1, 0.15) is 0 Å². The van der Waals surface area contributed by atoms with E-state index in [0.717, 1.165) is 24.8 Å². The van der Waals surface area contributed by atoms with Crippen LogP contribution in [0.5, 0.6) is 0 Å². The average Bonchev–Trinajstić information content (AvgIpc) is 2.99. The van der Waals surface area contributed by atoms with E-state index in [0.29, 0.717) is 11.9 Å². The zero-order valence-electron chi connectivity index (χ0n) is 13.6. The van der Waals surface area contributed by atoms with E-state index in [1.165, 1.54) is 45.4 Å². The number of nitrogens with zero attached hydrogens (tertiary/aromatic N) is 4. The Morgan fingerprint density at radius 3 is 2.73 bits per heavy atom. The van der Waals surface area contributed by atoms with Gasteiger partial charge in [0.25, 0.3) is 5.95 Å². The quantitative estimate of drug-likeness (QED) is 0.908. The summed E-state index contributed by atoms with van der Waals surface area (Å²) in [5.74, 6) is 2.75. The van der Waals surface area contributed by atoms with Gasteiger partial charge in [0.2, 0.25) is 5.89 Å². The molecule has 0 saturated carbocycles. The van der Waals surface area contributed by atoms with Crippen LogP contribution in [-0.2, 0) is 0 Å². The first kappa shape index (κ1) is 17.5. The Balaban J connectivity index is 0.00000176. The molecule has 2 aliphatic heterocycles. The Bertz CT molecular complexity index is 447. The smallest absolute Gasteiger partial charge is 0.265 e. The number of hydrogen-bond donors (Lipinski definition) is 1. The van der Waals surface area contributed by atoms with Crippen LogP contribution in [0.4, 0.5) is 5.95 Å². The van der Waals surface area contributed by atoms with Gasteiger partial charge < -0.3 is 19.6 Å². The lowest BCUT2D eigenvalue weighted by atomic mass is 9.93. The first-order chi connectivity index (χ1) is 10.2. The molecule has 0 aliphatic carbocycles. The third-order valence-electron chi connectivity index (χ3n) is 4.66. The predicted octanol–water partition coefficient (Wildman–Crippen LogP) is 1.74. The van der Waals surface area contributed by atoms with Crippen molar-refractivity contribution in [3.63, 3.8) is 0 Å². The fourth-order valence-corrected chi connectivity index (χ4v) is 3.43. The van der Waals surface area contributed by atoms with Crippen molar-refractivity contribution >= 4 is 18.4 Å². The molecule has 0 radical (unpaired) electrons.